The molecule has 0 amide bonds. The Balaban J connectivity index is 1.52. The Labute approximate surface area is 179 Å². The van der Waals surface area contributed by atoms with Crippen LogP contribution in [0.2, 0.25) is 5.02 Å². The number of halogens is 5. The van der Waals surface area contributed by atoms with Crippen LogP contribution >= 0.6 is 11.6 Å². The van der Waals surface area contributed by atoms with Gasteiger partial charge >= 0.3 is 0 Å². The molecule has 31 heavy (non-hydrogen) atoms. The van der Waals surface area contributed by atoms with E-state index in [0.717, 1.165) is 28.7 Å². The van der Waals surface area contributed by atoms with Gasteiger partial charge in [0.05, 0.1) is 6.54 Å². The number of hydrogen-bond acceptors (Lipinski definition) is 4. The van der Waals surface area contributed by atoms with Crippen molar-refractivity contribution >= 4 is 11.6 Å². The maximum atomic E-state index is 16.0. The van der Waals surface area contributed by atoms with Gasteiger partial charge in [0, 0.05) is 22.1 Å². The molecule has 1 unspecified atom stereocenters. The van der Waals surface area contributed by atoms with Crippen molar-refractivity contribution < 1.29 is 22.7 Å². The molecular formula is C21H17ClF4N4O. The standard InChI is InChI=1S/C21H17ClF4N4O/c22-14-3-1-13(2-4-14)18-8-19(9-18,10-18)21(25,26)20(31,11-30-12-27-28-29-30)16-6-5-15(23)7-17(16)24/h1-7,12,31H,8-11H2. The molecule has 0 spiro atoms. The SMILES string of the molecule is OC(Cn1cnnn1)(c1ccc(F)cc1F)C(F)(F)C12CC(c3ccc(Cl)cc3)(C1)C2. The second-order valence-corrected chi connectivity index (χ2v) is 9.10. The van der Waals surface area contributed by atoms with Crippen molar-refractivity contribution in [2.45, 2.75) is 42.7 Å². The average molecular weight is 453 g/mol. The molecule has 162 valence electrons. The van der Waals surface area contributed by atoms with Crippen molar-refractivity contribution in [3.63, 3.8) is 0 Å². The molecule has 0 aliphatic heterocycles. The molecule has 3 aromatic rings. The van der Waals surface area contributed by atoms with Gasteiger partial charge in [0.1, 0.15) is 18.0 Å². The first-order valence-corrected chi connectivity index (χ1v) is 10.0. The molecule has 3 aliphatic carbocycles. The Morgan fingerprint density at radius 1 is 1.06 bits per heavy atom. The highest BCUT2D eigenvalue weighted by Gasteiger charge is 2.82. The van der Waals surface area contributed by atoms with Crippen LogP contribution in [0.1, 0.15) is 30.4 Å². The van der Waals surface area contributed by atoms with Crippen LogP contribution in [0.5, 0.6) is 0 Å². The number of tetrazole rings is 1. The molecule has 0 saturated heterocycles. The highest BCUT2D eigenvalue weighted by atomic mass is 35.5. The van der Waals surface area contributed by atoms with E-state index in [9.17, 15) is 13.9 Å². The summed E-state index contributed by atoms with van der Waals surface area (Å²) in [6.07, 6.45) is 1.46. The molecule has 1 heterocycles. The predicted molar refractivity (Wildman–Crippen MR) is 102 cm³/mol. The summed E-state index contributed by atoms with van der Waals surface area (Å²) in [6, 6.07) is 9.23. The van der Waals surface area contributed by atoms with E-state index in [1.54, 1.807) is 12.1 Å². The summed E-state index contributed by atoms with van der Waals surface area (Å²) in [4.78, 5) is 0. The number of aromatic nitrogens is 4. The van der Waals surface area contributed by atoms with E-state index in [4.69, 9.17) is 11.6 Å². The van der Waals surface area contributed by atoms with Gasteiger partial charge in [0.25, 0.3) is 5.92 Å². The molecule has 1 aromatic heterocycles. The average Bonchev–Trinajstić information content (AvgIpc) is 3.13. The van der Waals surface area contributed by atoms with Crippen molar-refractivity contribution in [1.29, 1.82) is 0 Å². The van der Waals surface area contributed by atoms with E-state index in [2.05, 4.69) is 15.5 Å². The minimum absolute atomic E-state index is 0.134. The highest BCUT2D eigenvalue weighted by molar-refractivity contribution is 6.30. The van der Waals surface area contributed by atoms with E-state index in [0.29, 0.717) is 11.1 Å². The number of benzene rings is 2. The molecule has 3 saturated carbocycles. The lowest BCUT2D eigenvalue weighted by atomic mass is 9.30. The van der Waals surface area contributed by atoms with Gasteiger partial charge in [0.2, 0.25) is 0 Å². The van der Waals surface area contributed by atoms with Gasteiger partial charge in [-0.2, -0.15) is 0 Å². The van der Waals surface area contributed by atoms with E-state index in [1.165, 1.54) is 0 Å². The quantitative estimate of drug-likeness (QED) is 0.568. The fourth-order valence-electron chi connectivity index (χ4n) is 5.33. The highest BCUT2D eigenvalue weighted by Crippen LogP contribution is 2.80. The second-order valence-electron chi connectivity index (χ2n) is 8.66. The Bertz CT molecular complexity index is 1120. The molecule has 5 nitrogen and oxygen atoms in total. The third-order valence-electron chi connectivity index (χ3n) is 6.83. The van der Waals surface area contributed by atoms with E-state index in [1.807, 2.05) is 12.1 Å². The van der Waals surface area contributed by atoms with Crippen molar-refractivity contribution in [1.82, 2.24) is 20.2 Å². The Kier molecular flexibility index (Phi) is 4.27. The molecule has 3 fully saturated rings. The lowest BCUT2D eigenvalue weighted by Gasteiger charge is -2.74. The summed E-state index contributed by atoms with van der Waals surface area (Å²) in [6.45, 7) is -0.786. The summed E-state index contributed by atoms with van der Waals surface area (Å²) >= 11 is 5.92. The normalized spacial score (nSPS) is 26.6. The molecule has 2 bridgehead atoms. The van der Waals surface area contributed by atoms with E-state index >= 15 is 8.78 Å². The molecular weight excluding hydrogens is 436 g/mol. The Morgan fingerprint density at radius 3 is 2.32 bits per heavy atom. The molecule has 1 atom stereocenters. The van der Waals surface area contributed by atoms with Gasteiger partial charge < -0.3 is 5.11 Å². The van der Waals surface area contributed by atoms with Gasteiger partial charge in [-0.05, 0) is 64.9 Å². The summed E-state index contributed by atoms with van der Waals surface area (Å²) in [5, 5.41) is 22.2. The Morgan fingerprint density at radius 2 is 1.74 bits per heavy atom. The van der Waals surface area contributed by atoms with Crippen LogP contribution in [0, 0.1) is 17.0 Å². The van der Waals surface area contributed by atoms with Crippen molar-refractivity contribution in [3.05, 3.63) is 76.6 Å². The van der Waals surface area contributed by atoms with Crippen LogP contribution in [0.25, 0.3) is 0 Å². The minimum Gasteiger partial charge on any atom is -0.377 e. The molecule has 10 heteroatoms. The fourth-order valence-corrected chi connectivity index (χ4v) is 5.46. The van der Waals surface area contributed by atoms with Crippen LogP contribution in [0.15, 0.2) is 48.8 Å². The summed E-state index contributed by atoms with van der Waals surface area (Å²) in [5.41, 5.74) is -4.69. The van der Waals surface area contributed by atoms with Crippen LogP contribution < -0.4 is 0 Å². The lowest BCUT2D eigenvalue weighted by molar-refractivity contribution is -0.347. The van der Waals surface area contributed by atoms with E-state index in [-0.39, 0.29) is 19.3 Å². The predicted octanol–water partition coefficient (Wildman–Crippen LogP) is 4.25. The zero-order chi connectivity index (χ0) is 22.1. The first-order valence-electron chi connectivity index (χ1n) is 9.64. The van der Waals surface area contributed by atoms with Gasteiger partial charge in [-0.1, -0.05) is 23.7 Å². The third-order valence-corrected chi connectivity index (χ3v) is 7.08. The maximum Gasteiger partial charge on any atom is 0.287 e. The number of alkyl halides is 2. The maximum absolute atomic E-state index is 16.0. The van der Waals surface area contributed by atoms with Crippen molar-refractivity contribution in [2.24, 2.45) is 5.41 Å². The largest absolute Gasteiger partial charge is 0.377 e. The first kappa shape index (κ1) is 20.4. The fraction of sp³-hybridized carbons (Fsp3) is 0.381. The van der Waals surface area contributed by atoms with Gasteiger partial charge in [0.15, 0.2) is 5.60 Å². The zero-order valence-electron chi connectivity index (χ0n) is 16.1. The smallest absolute Gasteiger partial charge is 0.287 e. The summed E-state index contributed by atoms with van der Waals surface area (Å²) in [7, 11) is 0. The molecule has 3 aliphatic rings. The topological polar surface area (TPSA) is 63.8 Å². The van der Waals surface area contributed by atoms with Crippen LogP contribution in [-0.4, -0.2) is 31.2 Å². The minimum atomic E-state index is -3.74. The van der Waals surface area contributed by atoms with Crippen LogP contribution in [0.4, 0.5) is 17.6 Å². The molecule has 0 radical (unpaired) electrons. The Hall–Kier alpha value is -2.52. The number of aliphatic hydroxyl groups is 1. The van der Waals surface area contributed by atoms with Crippen molar-refractivity contribution in [3.8, 4) is 0 Å². The first-order chi connectivity index (χ1) is 14.6. The number of nitrogens with zero attached hydrogens (tertiary/aromatic N) is 4. The number of rotatable bonds is 6. The summed E-state index contributed by atoms with van der Waals surface area (Å²) in [5.74, 6) is -5.92. The van der Waals surface area contributed by atoms with Gasteiger partial charge in [-0.25, -0.2) is 22.2 Å². The zero-order valence-corrected chi connectivity index (χ0v) is 16.8. The van der Waals surface area contributed by atoms with Crippen LogP contribution in [-0.2, 0) is 17.6 Å². The number of hydrogen-bond donors (Lipinski definition) is 1. The monoisotopic (exact) mass is 452 g/mol. The second kappa shape index (κ2) is 6.49. The van der Waals surface area contributed by atoms with E-state index < -0.39 is 46.1 Å². The van der Waals surface area contributed by atoms with Crippen molar-refractivity contribution in [2.75, 3.05) is 0 Å². The van der Waals surface area contributed by atoms with Gasteiger partial charge in [-0.15, -0.1) is 5.10 Å². The van der Waals surface area contributed by atoms with Gasteiger partial charge in [-0.3, -0.25) is 0 Å². The lowest BCUT2D eigenvalue weighted by Crippen LogP contribution is -2.76. The molecule has 1 N–H and O–H groups in total. The molecule has 2 aromatic carbocycles. The molecule has 6 rings (SSSR count). The third kappa shape index (κ3) is 2.75. The summed E-state index contributed by atoms with van der Waals surface area (Å²) < 4.78 is 61.0. The van der Waals surface area contributed by atoms with Crippen LogP contribution in [0.3, 0.4) is 0 Å².